The van der Waals surface area contributed by atoms with Crippen molar-refractivity contribution in [2.45, 2.75) is 27.2 Å². The van der Waals surface area contributed by atoms with E-state index in [1.54, 1.807) is 19.1 Å². The van der Waals surface area contributed by atoms with E-state index < -0.39 is 11.2 Å². The van der Waals surface area contributed by atoms with Crippen LogP contribution < -0.4 is 11.2 Å². The van der Waals surface area contributed by atoms with Crippen LogP contribution in [0.15, 0.2) is 27.8 Å². The first-order chi connectivity index (χ1) is 8.95. The zero-order valence-electron chi connectivity index (χ0n) is 11.2. The number of aryl methyl sites for hydroxylation is 2. The second-order valence-electron chi connectivity index (χ2n) is 4.52. The van der Waals surface area contributed by atoms with E-state index in [0.29, 0.717) is 12.1 Å². The van der Waals surface area contributed by atoms with E-state index in [1.165, 1.54) is 0 Å². The van der Waals surface area contributed by atoms with E-state index in [9.17, 15) is 14.7 Å². The first-order valence-corrected chi connectivity index (χ1v) is 6.10. The molecule has 0 atom stereocenters. The molecule has 2 N–H and O–H groups in total. The summed E-state index contributed by atoms with van der Waals surface area (Å²) in [5.41, 5.74) is 1.67. The van der Waals surface area contributed by atoms with Gasteiger partial charge in [0, 0.05) is 0 Å². The van der Waals surface area contributed by atoms with Gasteiger partial charge < -0.3 is 5.11 Å². The topological polar surface area (TPSA) is 75.1 Å². The highest BCUT2D eigenvalue weighted by Gasteiger charge is 2.14. The third-order valence-corrected chi connectivity index (χ3v) is 3.28. The fraction of sp³-hybridized carbons (Fsp3) is 0.286. The average molecular weight is 260 g/mol. The van der Waals surface area contributed by atoms with Crippen molar-refractivity contribution in [1.82, 2.24) is 9.55 Å². The summed E-state index contributed by atoms with van der Waals surface area (Å²) in [5.74, 6) is -0.292. The number of H-pyrrole nitrogens is 1. The maximum atomic E-state index is 11.9. The Morgan fingerprint density at radius 1 is 1.21 bits per heavy atom. The van der Waals surface area contributed by atoms with E-state index >= 15 is 0 Å². The Labute approximate surface area is 110 Å². The van der Waals surface area contributed by atoms with Gasteiger partial charge >= 0.3 is 5.69 Å². The molecule has 1 aromatic carbocycles. The quantitative estimate of drug-likeness (QED) is 0.857. The van der Waals surface area contributed by atoms with Gasteiger partial charge in [-0.05, 0) is 43.5 Å². The highest BCUT2D eigenvalue weighted by molar-refractivity contribution is 5.43. The maximum Gasteiger partial charge on any atom is 0.335 e. The maximum absolute atomic E-state index is 11.9. The third-order valence-electron chi connectivity index (χ3n) is 3.28. The third kappa shape index (κ3) is 2.19. The normalized spacial score (nSPS) is 10.7. The van der Waals surface area contributed by atoms with Crippen molar-refractivity contribution in [2.75, 3.05) is 0 Å². The molecular formula is C14H16N2O3. The molecule has 0 unspecified atom stereocenters. The van der Waals surface area contributed by atoms with Crippen molar-refractivity contribution in [2.24, 2.45) is 0 Å². The molecule has 0 fully saturated rings. The molecule has 0 bridgehead atoms. The molecule has 5 nitrogen and oxygen atoms in total. The molecule has 5 heteroatoms. The Bertz CT molecular complexity index is 741. The average Bonchev–Trinajstić information content (AvgIpc) is 2.33. The zero-order valence-corrected chi connectivity index (χ0v) is 11.2. The highest BCUT2D eigenvalue weighted by Crippen LogP contribution is 2.19. The van der Waals surface area contributed by atoms with Gasteiger partial charge in [-0.15, -0.1) is 0 Å². The van der Waals surface area contributed by atoms with E-state index in [4.69, 9.17) is 0 Å². The molecule has 0 amide bonds. The predicted octanol–water partition coefficient (Wildman–Crippen LogP) is 1.41. The number of benzene rings is 1. The number of aromatic nitrogens is 2. The summed E-state index contributed by atoms with van der Waals surface area (Å²) < 4.78 is 1.12. The van der Waals surface area contributed by atoms with Crippen molar-refractivity contribution < 1.29 is 5.11 Å². The Kier molecular flexibility index (Phi) is 3.29. The van der Waals surface area contributed by atoms with Gasteiger partial charge in [-0.1, -0.05) is 13.0 Å². The van der Waals surface area contributed by atoms with Crippen molar-refractivity contribution >= 4 is 0 Å². The van der Waals surface area contributed by atoms with Crippen LogP contribution in [0.1, 0.15) is 23.6 Å². The van der Waals surface area contributed by atoms with Crippen LogP contribution in [0.5, 0.6) is 5.88 Å². The van der Waals surface area contributed by atoms with E-state index in [2.05, 4.69) is 4.98 Å². The van der Waals surface area contributed by atoms with Gasteiger partial charge in [-0.3, -0.25) is 9.78 Å². The highest BCUT2D eigenvalue weighted by atomic mass is 16.3. The molecule has 0 aliphatic heterocycles. The molecule has 2 aromatic rings. The zero-order chi connectivity index (χ0) is 14.2. The molecule has 0 saturated carbocycles. The number of aromatic hydroxyl groups is 1. The number of hydrogen-bond acceptors (Lipinski definition) is 3. The standard InChI is InChI=1S/C14H16N2O3/c1-4-11-12(17)15-14(19)16(13(11)18)10-6-5-8(2)9(3)7-10/h5-7,18H,4H2,1-3H3,(H,15,17,19). The van der Waals surface area contributed by atoms with Gasteiger partial charge in [0.25, 0.3) is 5.56 Å². The fourth-order valence-corrected chi connectivity index (χ4v) is 1.98. The van der Waals surface area contributed by atoms with Gasteiger partial charge in [0.15, 0.2) is 0 Å². The number of aromatic amines is 1. The summed E-state index contributed by atoms with van der Waals surface area (Å²) in [5, 5.41) is 10.1. The van der Waals surface area contributed by atoms with Gasteiger partial charge in [0.1, 0.15) is 0 Å². The fourth-order valence-electron chi connectivity index (χ4n) is 1.98. The van der Waals surface area contributed by atoms with Gasteiger partial charge in [0.05, 0.1) is 11.3 Å². The molecule has 2 rings (SSSR count). The van der Waals surface area contributed by atoms with Gasteiger partial charge in [-0.25, -0.2) is 9.36 Å². The first-order valence-electron chi connectivity index (χ1n) is 6.10. The minimum Gasteiger partial charge on any atom is -0.494 e. The summed E-state index contributed by atoms with van der Waals surface area (Å²) >= 11 is 0. The molecule has 0 aliphatic carbocycles. The van der Waals surface area contributed by atoms with Crippen molar-refractivity contribution in [3.63, 3.8) is 0 Å². The van der Waals surface area contributed by atoms with Crippen molar-refractivity contribution in [1.29, 1.82) is 0 Å². The van der Waals surface area contributed by atoms with E-state index in [-0.39, 0.29) is 11.4 Å². The molecule has 0 aliphatic rings. The predicted molar refractivity (Wildman–Crippen MR) is 73.2 cm³/mol. The Morgan fingerprint density at radius 2 is 1.89 bits per heavy atom. The summed E-state index contributed by atoms with van der Waals surface area (Å²) in [7, 11) is 0. The summed E-state index contributed by atoms with van der Waals surface area (Å²) in [4.78, 5) is 25.7. The Balaban J connectivity index is 2.78. The monoisotopic (exact) mass is 260 g/mol. The summed E-state index contributed by atoms with van der Waals surface area (Å²) in [6.07, 6.45) is 0.353. The van der Waals surface area contributed by atoms with Crippen LogP contribution in [0.25, 0.3) is 5.69 Å². The van der Waals surface area contributed by atoms with Crippen LogP contribution in [0.4, 0.5) is 0 Å². The molecule has 0 spiro atoms. The van der Waals surface area contributed by atoms with Crippen LogP contribution in [0.3, 0.4) is 0 Å². The number of nitrogens with one attached hydrogen (secondary N) is 1. The smallest absolute Gasteiger partial charge is 0.335 e. The molecule has 19 heavy (non-hydrogen) atoms. The largest absolute Gasteiger partial charge is 0.494 e. The van der Waals surface area contributed by atoms with E-state index in [0.717, 1.165) is 15.7 Å². The molecule has 1 heterocycles. The van der Waals surface area contributed by atoms with Crippen molar-refractivity contribution in [3.05, 3.63) is 55.7 Å². The minimum atomic E-state index is -0.636. The summed E-state index contributed by atoms with van der Waals surface area (Å²) in [6.45, 7) is 5.64. The molecule has 0 saturated heterocycles. The molecule has 0 radical (unpaired) electrons. The lowest BCUT2D eigenvalue weighted by atomic mass is 10.1. The lowest BCUT2D eigenvalue weighted by molar-refractivity contribution is 0.423. The Hall–Kier alpha value is -2.30. The number of hydrogen-bond donors (Lipinski definition) is 2. The second kappa shape index (κ2) is 4.76. The first kappa shape index (κ1) is 13.1. The lowest BCUT2D eigenvalue weighted by Crippen LogP contribution is -2.31. The minimum absolute atomic E-state index is 0.206. The van der Waals surface area contributed by atoms with E-state index in [1.807, 2.05) is 19.9 Å². The Morgan fingerprint density at radius 3 is 2.47 bits per heavy atom. The number of rotatable bonds is 2. The molecule has 100 valence electrons. The lowest BCUT2D eigenvalue weighted by Gasteiger charge is -2.11. The van der Waals surface area contributed by atoms with Crippen LogP contribution in [-0.2, 0) is 6.42 Å². The van der Waals surface area contributed by atoms with Gasteiger partial charge in [0.2, 0.25) is 5.88 Å². The summed E-state index contributed by atoms with van der Waals surface area (Å²) in [6, 6.07) is 5.41. The van der Waals surface area contributed by atoms with Crippen molar-refractivity contribution in [3.8, 4) is 11.6 Å². The van der Waals surface area contributed by atoms with Crippen LogP contribution in [0, 0.1) is 13.8 Å². The van der Waals surface area contributed by atoms with Gasteiger partial charge in [-0.2, -0.15) is 0 Å². The molecular weight excluding hydrogens is 244 g/mol. The van der Waals surface area contributed by atoms with Crippen LogP contribution in [-0.4, -0.2) is 14.7 Å². The number of nitrogens with zero attached hydrogens (tertiary/aromatic N) is 1. The second-order valence-corrected chi connectivity index (χ2v) is 4.52. The SMILES string of the molecule is CCc1c(O)n(-c2ccc(C)c(C)c2)c(=O)[nH]c1=O. The van der Waals surface area contributed by atoms with Crippen LogP contribution >= 0.6 is 0 Å². The van der Waals surface area contributed by atoms with Crippen LogP contribution in [0.2, 0.25) is 0 Å². The molecule has 1 aromatic heterocycles.